The topological polar surface area (TPSA) is 51.2 Å². The predicted octanol–water partition coefficient (Wildman–Crippen LogP) is 3.26. The Morgan fingerprint density at radius 2 is 2.39 bits per heavy atom. The van der Waals surface area contributed by atoms with Crippen molar-refractivity contribution in [1.29, 1.82) is 0 Å². The van der Waals surface area contributed by atoms with E-state index in [2.05, 4.69) is 10.3 Å². The van der Waals surface area contributed by atoms with Crippen LogP contribution in [0, 0.1) is 0 Å². The van der Waals surface area contributed by atoms with Crippen molar-refractivity contribution < 1.29 is 9.53 Å². The van der Waals surface area contributed by atoms with Crippen LogP contribution in [-0.2, 0) is 4.79 Å². The second kappa shape index (κ2) is 6.02. The lowest BCUT2D eigenvalue weighted by atomic mass is 10.3. The summed E-state index contributed by atoms with van der Waals surface area (Å²) < 4.78 is 6.13. The van der Waals surface area contributed by atoms with Crippen molar-refractivity contribution in [1.82, 2.24) is 4.98 Å². The second-order valence-electron chi connectivity index (χ2n) is 3.69. The summed E-state index contributed by atoms with van der Waals surface area (Å²) in [5.74, 6) is 1.22. The average molecular weight is 285 g/mol. The quantitative estimate of drug-likeness (QED) is 0.858. The third-order valence-corrected chi connectivity index (χ3v) is 3.58. The van der Waals surface area contributed by atoms with Gasteiger partial charge in [0, 0.05) is 12.3 Å². The van der Waals surface area contributed by atoms with Crippen LogP contribution >= 0.6 is 22.9 Å². The summed E-state index contributed by atoms with van der Waals surface area (Å²) in [6.07, 6.45) is 1.09. The number of benzene rings is 1. The van der Waals surface area contributed by atoms with E-state index in [1.165, 1.54) is 11.3 Å². The number of carbonyl (C=O) groups excluding carboxylic acids is 1. The highest BCUT2D eigenvalue weighted by atomic mass is 35.5. The maximum atomic E-state index is 11.5. The van der Waals surface area contributed by atoms with Crippen molar-refractivity contribution in [2.45, 2.75) is 12.8 Å². The average Bonchev–Trinajstić information content (AvgIpc) is 2.77. The number of fused-ring (bicyclic) bond motifs is 1. The molecule has 18 heavy (non-hydrogen) atoms. The largest absolute Gasteiger partial charge is 0.497 e. The Kier molecular flexibility index (Phi) is 4.38. The fraction of sp³-hybridized carbons (Fsp3) is 0.333. The Balaban J connectivity index is 2.12. The number of anilines is 1. The summed E-state index contributed by atoms with van der Waals surface area (Å²) in [5, 5.41) is 3.38. The molecule has 0 aliphatic heterocycles. The molecule has 0 aliphatic carbocycles. The van der Waals surface area contributed by atoms with Gasteiger partial charge in [0.25, 0.3) is 0 Å². The lowest BCUT2D eigenvalue weighted by molar-refractivity contribution is -0.116. The van der Waals surface area contributed by atoms with E-state index in [-0.39, 0.29) is 5.91 Å². The number of methoxy groups -OCH3 is 1. The molecule has 0 atom stereocenters. The first-order valence-corrected chi connectivity index (χ1v) is 6.88. The van der Waals surface area contributed by atoms with E-state index in [1.807, 2.05) is 18.2 Å². The Bertz CT molecular complexity index is 556. The molecule has 2 aromatic rings. The van der Waals surface area contributed by atoms with Crippen molar-refractivity contribution >= 4 is 44.2 Å². The van der Waals surface area contributed by atoms with Gasteiger partial charge in [-0.1, -0.05) is 11.3 Å². The molecule has 6 heteroatoms. The van der Waals surface area contributed by atoms with Crippen molar-refractivity contribution in [2.75, 3.05) is 18.3 Å². The van der Waals surface area contributed by atoms with Crippen LogP contribution in [0.3, 0.4) is 0 Å². The second-order valence-corrected chi connectivity index (χ2v) is 5.10. The minimum atomic E-state index is -0.0540. The highest BCUT2D eigenvalue weighted by Crippen LogP contribution is 2.29. The lowest BCUT2D eigenvalue weighted by Gasteiger charge is -1.98. The Morgan fingerprint density at radius 1 is 1.56 bits per heavy atom. The van der Waals surface area contributed by atoms with Crippen LogP contribution in [0.4, 0.5) is 5.13 Å². The molecule has 1 aromatic carbocycles. The van der Waals surface area contributed by atoms with Gasteiger partial charge >= 0.3 is 0 Å². The fourth-order valence-corrected chi connectivity index (χ4v) is 2.54. The highest BCUT2D eigenvalue weighted by molar-refractivity contribution is 7.22. The number of amides is 1. The lowest BCUT2D eigenvalue weighted by Crippen LogP contribution is -2.10. The van der Waals surface area contributed by atoms with Crippen LogP contribution in [0.15, 0.2) is 18.2 Å². The van der Waals surface area contributed by atoms with Crippen LogP contribution < -0.4 is 10.1 Å². The van der Waals surface area contributed by atoms with Gasteiger partial charge in [0.15, 0.2) is 5.13 Å². The molecular formula is C12H13ClN2O2S. The van der Waals surface area contributed by atoms with E-state index in [1.54, 1.807) is 7.11 Å². The highest BCUT2D eigenvalue weighted by Gasteiger charge is 2.08. The summed E-state index contributed by atoms with van der Waals surface area (Å²) in [5.41, 5.74) is 0.855. The van der Waals surface area contributed by atoms with E-state index in [9.17, 15) is 4.79 Å². The van der Waals surface area contributed by atoms with Crippen LogP contribution in [-0.4, -0.2) is 23.9 Å². The van der Waals surface area contributed by atoms with E-state index in [0.717, 1.165) is 16.0 Å². The summed E-state index contributed by atoms with van der Waals surface area (Å²) in [4.78, 5) is 15.9. The van der Waals surface area contributed by atoms with Gasteiger partial charge in [0.2, 0.25) is 5.91 Å². The van der Waals surface area contributed by atoms with Gasteiger partial charge in [-0.3, -0.25) is 4.79 Å². The number of nitrogens with zero attached hydrogens (tertiary/aromatic N) is 1. The molecule has 0 fully saturated rings. The number of nitrogens with one attached hydrogen (secondary N) is 1. The number of thiazole rings is 1. The number of halogens is 1. The number of hydrogen-bond acceptors (Lipinski definition) is 4. The Morgan fingerprint density at radius 3 is 3.11 bits per heavy atom. The number of carbonyl (C=O) groups is 1. The van der Waals surface area contributed by atoms with E-state index >= 15 is 0 Å². The number of aromatic nitrogens is 1. The third-order valence-electron chi connectivity index (χ3n) is 2.38. The van der Waals surface area contributed by atoms with E-state index in [0.29, 0.717) is 23.9 Å². The van der Waals surface area contributed by atoms with E-state index < -0.39 is 0 Å². The SMILES string of the molecule is COc1ccc2nc(NC(=O)CCCCl)sc2c1. The zero-order chi connectivity index (χ0) is 13.0. The van der Waals surface area contributed by atoms with Crippen LogP contribution in [0.2, 0.25) is 0 Å². The molecule has 1 aromatic heterocycles. The van der Waals surface area contributed by atoms with Crippen LogP contribution in [0.25, 0.3) is 10.2 Å². The molecule has 0 saturated carbocycles. The first kappa shape index (κ1) is 13.1. The minimum Gasteiger partial charge on any atom is -0.497 e. The fourth-order valence-electron chi connectivity index (χ4n) is 1.49. The first-order valence-electron chi connectivity index (χ1n) is 5.53. The molecule has 1 N–H and O–H groups in total. The van der Waals surface area contributed by atoms with Gasteiger partial charge in [-0.2, -0.15) is 0 Å². The number of hydrogen-bond donors (Lipinski definition) is 1. The molecule has 0 unspecified atom stereocenters. The van der Waals surface area contributed by atoms with Crippen LogP contribution in [0.1, 0.15) is 12.8 Å². The molecule has 1 amide bonds. The van der Waals surface area contributed by atoms with Gasteiger partial charge in [-0.05, 0) is 24.6 Å². The molecule has 0 aliphatic rings. The van der Waals surface area contributed by atoms with Crippen molar-refractivity contribution in [3.63, 3.8) is 0 Å². The number of alkyl halides is 1. The zero-order valence-electron chi connectivity index (χ0n) is 9.90. The maximum Gasteiger partial charge on any atom is 0.226 e. The molecule has 96 valence electrons. The van der Waals surface area contributed by atoms with Crippen molar-refractivity contribution in [2.24, 2.45) is 0 Å². The number of rotatable bonds is 5. The maximum absolute atomic E-state index is 11.5. The summed E-state index contributed by atoms with van der Waals surface area (Å²) in [6, 6.07) is 5.63. The molecule has 0 spiro atoms. The molecule has 0 radical (unpaired) electrons. The molecule has 1 heterocycles. The number of ether oxygens (including phenoxy) is 1. The predicted molar refractivity (Wildman–Crippen MR) is 74.8 cm³/mol. The molecular weight excluding hydrogens is 272 g/mol. The zero-order valence-corrected chi connectivity index (χ0v) is 11.5. The standard InChI is InChI=1S/C12H13ClN2O2S/c1-17-8-4-5-9-10(7-8)18-12(14-9)15-11(16)3-2-6-13/h4-5,7H,2-3,6H2,1H3,(H,14,15,16). The molecule has 4 nitrogen and oxygen atoms in total. The molecule has 0 bridgehead atoms. The summed E-state index contributed by atoms with van der Waals surface area (Å²) >= 11 is 6.97. The monoisotopic (exact) mass is 284 g/mol. The molecule has 2 rings (SSSR count). The summed E-state index contributed by atoms with van der Waals surface area (Å²) in [6.45, 7) is 0. The van der Waals surface area contributed by atoms with Gasteiger partial charge in [0.05, 0.1) is 17.3 Å². The Labute approximate surface area is 114 Å². The summed E-state index contributed by atoms with van der Waals surface area (Å²) in [7, 11) is 1.62. The van der Waals surface area contributed by atoms with Gasteiger partial charge in [-0.15, -0.1) is 11.6 Å². The third kappa shape index (κ3) is 3.11. The first-order chi connectivity index (χ1) is 8.72. The smallest absolute Gasteiger partial charge is 0.226 e. The minimum absolute atomic E-state index is 0.0540. The van der Waals surface area contributed by atoms with Crippen molar-refractivity contribution in [3.05, 3.63) is 18.2 Å². The normalized spacial score (nSPS) is 10.6. The van der Waals surface area contributed by atoms with Crippen LogP contribution in [0.5, 0.6) is 5.75 Å². The Hall–Kier alpha value is -1.33. The van der Waals surface area contributed by atoms with E-state index in [4.69, 9.17) is 16.3 Å². The van der Waals surface area contributed by atoms with Gasteiger partial charge < -0.3 is 10.1 Å². The molecule has 0 saturated heterocycles. The van der Waals surface area contributed by atoms with Gasteiger partial charge in [0.1, 0.15) is 5.75 Å². The van der Waals surface area contributed by atoms with Gasteiger partial charge in [-0.25, -0.2) is 4.98 Å². The van der Waals surface area contributed by atoms with Crippen molar-refractivity contribution in [3.8, 4) is 5.75 Å².